The minimum Gasteiger partial charge on any atom is -0.370 e. The highest BCUT2D eigenvalue weighted by atomic mass is 16.2. The first-order valence-corrected chi connectivity index (χ1v) is 6.95. The third kappa shape index (κ3) is 4.36. The molecule has 0 radical (unpaired) electrons. The fraction of sp³-hybridized carbons (Fsp3) is 0.643. The van der Waals surface area contributed by atoms with Gasteiger partial charge in [-0.25, -0.2) is 9.97 Å². The summed E-state index contributed by atoms with van der Waals surface area (Å²) in [5, 5.41) is 6.32. The summed E-state index contributed by atoms with van der Waals surface area (Å²) in [5.41, 5.74) is 0. The van der Waals surface area contributed by atoms with Gasteiger partial charge in [0.1, 0.15) is 23.5 Å². The summed E-state index contributed by atoms with van der Waals surface area (Å²) in [6, 6.07) is 1.50. The van der Waals surface area contributed by atoms with Crippen LogP contribution in [0.1, 0.15) is 39.4 Å². The Morgan fingerprint density at radius 3 is 2.35 bits per heavy atom. The van der Waals surface area contributed by atoms with Crippen LogP contribution in [0.4, 0.5) is 11.6 Å². The number of carbonyl (C=O) groups is 1. The van der Waals surface area contributed by atoms with Gasteiger partial charge in [-0.2, -0.15) is 0 Å². The van der Waals surface area contributed by atoms with Crippen molar-refractivity contribution in [2.75, 3.05) is 31.3 Å². The van der Waals surface area contributed by atoms with Gasteiger partial charge in [0.2, 0.25) is 5.91 Å². The van der Waals surface area contributed by atoms with E-state index >= 15 is 0 Å². The van der Waals surface area contributed by atoms with Crippen molar-refractivity contribution in [1.82, 2.24) is 14.9 Å². The lowest BCUT2D eigenvalue weighted by Crippen LogP contribution is -2.37. The number of nitrogens with zero attached hydrogens (tertiary/aromatic N) is 3. The molecule has 0 fully saturated rings. The molecule has 6 heteroatoms. The molecule has 6 nitrogen and oxygen atoms in total. The van der Waals surface area contributed by atoms with E-state index in [1.54, 1.807) is 19.0 Å². The minimum atomic E-state index is -0.325. The molecule has 0 spiro atoms. The van der Waals surface area contributed by atoms with Crippen molar-refractivity contribution in [1.29, 1.82) is 0 Å². The Kier molecular flexibility index (Phi) is 5.73. The van der Waals surface area contributed by atoms with Crippen molar-refractivity contribution in [3.05, 3.63) is 11.9 Å². The molecule has 2 N–H and O–H groups in total. The zero-order valence-corrected chi connectivity index (χ0v) is 13.2. The summed E-state index contributed by atoms with van der Waals surface area (Å²) in [6.45, 7) is 8.72. The van der Waals surface area contributed by atoms with Crippen LogP contribution in [-0.4, -0.2) is 47.5 Å². The van der Waals surface area contributed by atoms with Gasteiger partial charge < -0.3 is 15.5 Å². The summed E-state index contributed by atoms with van der Waals surface area (Å²) in [5.74, 6) is 2.45. The van der Waals surface area contributed by atoms with Crippen molar-refractivity contribution in [2.45, 2.75) is 39.7 Å². The molecule has 1 unspecified atom stereocenters. The molecular formula is C14H25N5O. The predicted octanol–water partition coefficient (Wildman–Crippen LogP) is 1.92. The lowest BCUT2D eigenvalue weighted by Gasteiger charge is -2.19. The lowest BCUT2D eigenvalue weighted by molar-refractivity contribution is -0.129. The quantitative estimate of drug-likeness (QED) is 0.832. The lowest BCUT2D eigenvalue weighted by atomic mass is 10.2. The SMILES string of the molecule is CCNc1cc(NC(C)C(=O)N(C)C)nc(C(C)C)n1. The van der Waals surface area contributed by atoms with Crippen LogP contribution in [-0.2, 0) is 4.79 Å². The van der Waals surface area contributed by atoms with Crippen molar-refractivity contribution in [3.8, 4) is 0 Å². The molecule has 0 aliphatic carbocycles. The van der Waals surface area contributed by atoms with Crippen LogP contribution >= 0.6 is 0 Å². The molecule has 1 rings (SSSR count). The number of hydrogen-bond donors (Lipinski definition) is 2. The molecule has 0 aliphatic heterocycles. The normalized spacial score (nSPS) is 12.2. The maximum Gasteiger partial charge on any atom is 0.244 e. The third-order valence-electron chi connectivity index (χ3n) is 2.79. The van der Waals surface area contributed by atoms with Gasteiger partial charge in [-0.15, -0.1) is 0 Å². The molecular weight excluding hydrogens is 254 g/mol. The number of amides is 1. The van der Waals surface area contributed by atoms with Gasteiger partial charge in [-0.1, -0.05) is 13.8 Å². The van der Waals surface area contributed by atoms with E-state index in [4.69, 9.17) is 0 Å². The first-order valence-electron chi connectivity index (χ1n) is 6.95. The van der Waals surface area contributed by atoms with Crippen LogP contribution in [0.2, 0.25) is 0 Å². The predicted molar refractivity (Wildman–Crippen MR) is 82.1 cm³/mol. The first kappa shape index (κ1) is 16.2. The zero-order valence-electron chi connectivity index (χ0n) is 13.2. The summed E-state index contributed by atoms with van der Waals surface area (Å²) >= 11 is 0. The molecule has 1 heterocycles. The van der Waals surface area contributed by atoms with Gasteiger partial charge in [0.05, 0.1) is 0 Å². The van der Waals surface area contributed by atoms with Crippen molar-refractivity contribution in [2.24, 2.45) is 0 Å². The van der Waals surface area contributed by atoms with E-state index in [0.717, 1.165) is 18.2 Å². The van der Waals surface area contributed by atoms with Crippen LogP contribution in [0.3, 0.4) is 0 Å². The third-order valence-corrected chi connectivity index (χ3v) is 2.79. The van der Waals surface area contributed by atoms with Crippen LogP contribution in [0, 0.1) is 0 Å². The fourth-order valence-electron chi connectivity index (χ4n) is 1.74. The number of anilines is 2. The van der Waals surface area contributed by atoms with Gasteiger partial charge in [0.25, 0.3) is 0 Å². The second kappa shape index (κ2) is 7.07. The van der Waals surface area contributed by atoms with Crippen LogP contribution in [0.25, 0.3) is 0 Å². The Morgan fingerprint density at radius 1 is 1.25 bits per heavy atom. The topological polar surface area (TPSA) is 70.2 Å². The summed E-state index contributed by atoms with van der Waals surface area (Å²) < 4.78 is 0. The Labute approximate surface area is 121 Å². The van der Waals surface area contributed by atoms with Gasteiger partial charge in [0.15, 0.2) is 0 Å². The van der Waals surface area contributed by atoms with Gasteiger partial charge in [-0.05, 0) is 13.8 Å². The highest BCUT2D eigenvalue weighted by molar-refractivity contribution is 5.83. The number of likely N-dealkylation sites (N-methyl/N-ethyl adjacent to an activating group) is 1. The van der Waals surface area contributed by atoms with Gasteiger partial charge >= 0.3 is 0 Å². The second-order valence-electron chi connectivity index (χ2n) is 5.28. The monoisotopic (exact) mass is 279 g/mol. The van der Waals surface area contributed by atoms with Crippen LogP contribution in [0.15, 0.2) is 6.07 Å². The van der Waals surface area contributed by atoms with Crippen molar-refractivity contribution in [3.63, 3.8) is 0 Å². The largest absolute Gasteiger partial charge is 0.370 e. The Morgan fingerprint density at radius 2 is 1.85 bits per heavy atom. The molecule has 1 amide bonds. The molecule has 0 aromatic carbocycles. The highest BCUT2D eigenvalue weighted by Gasteiger charge is 2.16. The fourth-order valence-corrected chi connectivity index (χ4v) is 1.74. The number of carbonyl (C=O) groups excluding carboxylic acids is 1. The first-order chi connectivity index (χ1) is 9.35. The number of rotatable bonds is 6. The molecule has 112 valence electrons. The highest BCUT2D eigenvalue weighted by Crippen LogP contribution is 2.17. The number of aromatic nitrogens is 2. The van der Waals surface area contributed by atoms with E-state index in [-0.39, 0.29) is 17.9 Å². The molecule has 0 bridgehead atoms. The zero-order chi connectivity index (χ0) is 15.3. The summed E-state index contributed by atoms with van der Waals surface area (Å²) in [4.78, 5) is 22.4. The van der Waals surface area contributed by atoms with E-state index < -0.39 is 0 Å². The van der Waals surface area contributed by atoms with Crippen molar-refractivity contribution < 1.29 is 4.79 Å². The minimum absolute atomic E-state index is 0.0136. The smallest absolute Gasteiger partial charge is 0.244 e. The van der Waals surface area contributed by atoms with E-state index in [0.29, 0.717) is 5.82 Å². The van der Waals surface area contributed by atoms with E-state index in [1.165, 1.54) is 0 Å². The van der Waals surface area contributed by atoms with E-state index in [1.807, 2.05) is 33.8 Å². The Balaban J connectivity index is 2.96. The van der Waals surface area contributed by atoms with Crippen LogP contribution in [0.5, 0.6) is 0 Å². The molecule has 1 aromatic heterocycles. The maximum atomic E-state index is 11.9. The van der Waals surface area contributed by atoms with E-state index in [9.17, 15) is 4.79 Å². The number of nitrogens with one attached hydrogen (secondary N) is 2. The molecule has 1 aromatic rings. The number of hydrogen-bond acceptors (Lipinski definition) is 5. The Hall–Kier alpha value is -1.85. The average molecular weight is 279 g/mol. The maximum absolute atomic E-state index is 11.9. The second-order valence-corrected chi connectivity index (χ2v) is 5.28. The summed E-state index contributed by atoms with van der Waals surface area (Å²) in [6.07, 6.45) is 0. The van der Waals surface area contributed by atoms with E-state index in [2.05, 4.69) is 20.6 Å². The average Bonchev–Trinajstić information content (AvgIpc) is 2.37. The Bertz CT molecular complexity index is 459. The summed E-state index contributed by atoms with van der Waals surface area (Å²) in [7, 11) is 3.48. The molecule has 0 aliphatic rings. The molecule has 0 saturated carbocycles. The standard InChI is InChI=1S/C14H25N5O/c1-7-15-11-8-12(18-13(17-11)9(2)3)16-10(4)14(20)19(5)6/h8-10H,7H2,1-6H3,(H2,15,16,17,18). The van der Waals surface area contributed by atoms with Crippen LogP contribution < -0.4 is 10.6 Å². The molecule has 0 saturated heterocycles. The van der Waals surface area contributed by atoms with Crippen molar-refractivity contribution >= 4 is 17.5 Å². The van der Waals surface area contributed by atoms with Gasteiger partial charge in [-0.3, -0.25) is 4.79 Å². The molecule has 1 atom stereocenters. The molecule has 20 heavy (non-hydrogen) atoms. The van der Waals surface area contributed by atoms with Gasteiger partial charge in [0, 0.05) is 32.6 Å².